The van der Waals surface area contributed by atoms with E-state index in [0.717, 1.165) is 5.56 Å². The topological polar surface area (TPSA) is 97.0 Å². The summed E-state index contributed by atoms with van der Waals surface area (Å²) in [6.45, 7) is 1.96. The SMILES string of the molecule is COC(=O)c1ccc([C@H]2C(=C(O)c3ccc(C)cc3)C(=O)C(=O)N2Cc2ccco2)cc1. The summed E-state index contributed by atoms with van der Waals surface area (Å²) in [6, 6.07) is 16.0. The molecule has 0 bridgehead atoms. The molecule has 7 heteroatoms. The third-order valence-corrected chi connectivity index (χ3v) is 5.42. The molecule has 1 aliphatic rings. The van der Waals surface area contributed by atoms with Gasteiger partial charge in [-0.15, -0.1) is 0 Å². The lowest BCUT2D eigenvalue weighted by molar-refractivity contribution is -0.140. The molecule has 0 radical (unpaired) electrons. The predicted octanol–water partition coefficient (Wildman–Crippen LogP) is 4.00. The zero-order chi connectivity index (χ0) is 22.8. The van der Waals surface area contributed by atoms with Crippen molar-refractivity contribution in [3.8, 4) is 0 Å². The Balaban J connectivity index is 1.84. The summed E-state index contributed by atoms with van der Waals surface area (Å²) in [4.78, 5) is 39.1. The van der Waals surface area contributed by atoms with E-state index in [1.54, 1.807) is 48.5 Å². The molecule has 1 aliphatic heterocycles. The largest absolute Gasteiger partial charge is 0.507 e. The van der Waals surface area contributed by atoms with Crippen LogP contribution >= 0.6 is 0 Å². The molecule has 0 saturated carbocycles. The number of carbonyl (C=O) groups excluding carboxylic acids is 3. The second-order valence-electron chi connectivity index (χ2n) is 7.49. The first-order valence-corrected chi connectivity index (χ1v) is 9.97. The molecule has 0 unspecified atom stereocenters. The number of Topliss-reactive ketones (excluding diaryl/α,β-unsaturated/α-hetero) is 1. The number of hydrogen-bond donors (Lipinski definition) is 1. The van der Waals surface area contributed by atoms with Gasteiger partial charge in [0.05, 0.1) is 37.1 Å². The van der Waals surface area contributed by atoms with Gasteiger partial charge in [0.2, 0.25) is 0 Å². The first-order chi connectivity index (χ1) is 15.4. The number of carbonyl (C=O) groups is 3. The first kappa shape index (κ1) is 21.1. The van der Waals surface area contributed by atoms with Crippen LogP contribution in [-0.4, -0.2) is 34.8 Å². The summed E-state index contributed by atoms with van der Waals surface area (Å²) >= 11 is 0. The molecule has 1 saturated heterocycles. The molecular weight excluding hydrogens is 410 g/mol. The lowest BCUT2D eigenvalue weighted by Crippen LogP contribution is -2.29. The number of furan rings is 1. The standard InChI is InChI=1S/C25H21NO6/c1-15-5-7-17(8-6-15)22(27)20-21(16-9-11-18(12-10-16)25(30)31-2)26(24(29)23(20)28)14-19-4-3-13-32-19/h3-13,21,27H,14H2,1-2H3/t21-/m0/s1. The van der Waals surface area contributed by atoms with Crippen LogP contribution in [-0.2, 0) is 20.9 Å². The molecule has 0 aliphatic carbocycles. The third kappa shape index (κ3) is 3.80. The fourth-order valence-corrected chi connectivity index (χ4v) is 3.75. The van der Waals surface area contributed by atoms with E-state index in [0.29, 0.717) is 22.5 Å². The molecule has 1 fully saturated rings. The second kappa shape index (κ2) is 8.55. The highest BCUT2D eigenvalue weighted by Gasteiger charge is 2.46. The molecule has 2 aromatic carbocycles. The van der Waals surface area contributed by atoms with Crippen LogP contribution in [0.4, 0.5) is 0 Å². The molecule has 0 spiro atoms. The summed E-state index contributed by atoms with van der Waals surface area (Å²) in [5.74, 6) is -1.78. The van der Waals surface area contributed by atoms with E-state index >= 15 is 0 Å². The number of aliphatic hydroxyl groups excluding tert-OH is 1. The van der Waals surface area contributed by atoms with Gasteiger partial charge in [-0.1, -0.05) is 42.0 Å². The van der Waals surface area contributed by atoms with Crippen LogP contribution in [0.3, 0.4) is 0 Å². The molecule has 162 valence electrons. The molecule has 7 nitrogen and oxygen atoms in total. The summed E-state index contributed by atoms with van der Waals surface area (Å²) < 4.78 is 10.1. The van der Waals surface area contributed by atoms with Gasteiger partial charge in [0.25, 0.3) is 11.7 Å². The van der Waals surface area contributed by atoms with Crippen molar-refractivity contribution in [3.63, 3.8) is 0 Å². The number of aryl methyl sites for hydroxylation is 1. The minimum Gasteiger partial charge on any atom is -0.507 e. The molecule has 1 atom stereocenters. The number of esters is 1. The van der Waals surface area contributed by atoms with Crippen LogP contribution in [0.15, 0.2) is 76.9 Å². The molecular formula is C25H21NO6. The van der Waals surface area contributed by atoms with Crippen LogP contribution < -0.4 is 0 Å². The Morgan fingerprint density at radius 3 is 2.28 bits per heavy atom. The quantitative estimate of drug-likeness (QED) is 0.284. The maximum atomic E-state index is 13.0. The van der Waals surface area contributed by atoms with E-state index in [2.05, 4.69) is 0 Å². The van der Waals surface area contributed by atoms with Crippen molar-refractivity contribution in [1.82, 2.24) is 4.90 Å². The average molecular weight is 431 g/mol. The zero-order valence-corrected chi connectivity index (χ0v) is 17.6. The van der Waals surface area contributed by atoms with Crippen LogP contribution in [0.5, 0.6) is 0 Å². The Bertz CT molecular complexity index is 1190. The van der Waals surface area contributed by atoms with Crippen molar-refractivity contribution >= 4 is 23.4 Å². The van der Waals surface area contributed by atoms with Crippen LogP contribution in [0, 0.1) is 6.92 Å². The molecule has 1 amide bonds. The summed E-state index contributed by atoms with van der Waals surface area (Å²) in [7, 11) is 1.29. The Labute approximate surface area is 184 Å². The lowest BCUT2D eigenvalue weighted by atomic mass is 9.94. The van der Waals surface area contributed by atoms with Gasteiger partial charge in [-0.25, -0.2) is 4.79 Å². The van der Waals surface area contributed by atoms with Crippen LogP contribution in [0.2, 0.25) is 0 Å². The van der Waals surface area contributed by atoms with E-state index < -0.39 is 23.7 Å². The van der Waals surface area contributed by atoms with Gasteiger partial charge in [-0.3, -0.25) is 9.59 Å². The van der Waals surface area contributed by atoms with E-state index in [1.807, 2.05) is 19.1 Å². The van der Waals surface area contributed by atoms with Crippen molar-refractivity contribution in [3.05, 3.63) is 101 Å². The van der Waals surface area contributed by atoms with Gasteiger partial charge in [0, 0.05) is 5.56 Å². The van der Waals surface area contributed by atoms with E-state index in [-0.39, 0.29) is 17.9 Å². The summed E-state index contributed by atoms with van der Waals surface area (Å²) in [6.07, 6.45) is 1.48. The molecule has 4 rings (SSSR count). The van der Waals surface area contributed by atoms with E-state index in [4.69, 9.17) is 9.15 Å². The molecule has 2 heterocycles. The van der Waals surface area contributed by atoms with Gasteiger partial charge in [-0.05, 0) is 36.8 Å². The maximum absolute atomic E-state index is 13.0. The number of nitrogens with zero attached hydrogens (tertiary/aromatic N) is 1. The normalized spacial score (nSPS) is 17.6. The number of ether oxygens (including phenoxy) is 1. The number of ketones is 1. The Morgan fingerprint density at radius 2 is 1.69 bits per heavy atom. The van der Waals surface area contributed by atoms with Gasteiger partial charge in [-0.2, -0.15) is 0 Å². The highest BCUT2D eigenvalue weighted by atomic mass is 16.5. The maximum Gasteiger partial charge on any atom is 0.337 e. The van der Waals surface area contributed by atoms with Crippen LogP contribution in [0.1, 0.15) is 38.9 Å². The van der Waals surface area contributed by atoms with E-state index in [9.17, 15) is 19.5 Å². The van der Waals surface area contributed by atoms with Gasteiger partial charge in [0.15, 0.2) is 0 Å². The molecule has 1 aromatic heterocycles. The third-order valence-electron chi connectivity index (χ3n) is 5.42. The molecule has 3 aromatic rings. The number of hydrogen-bond acceptors (Lipinski definition) is 6. The predicted molar refractivity (Wildman–Crippen MR) is 116 cm³/mol. The summed E-state index contributed by atoms with van der Waals surface area (Å²) in [5, 5.41) is 11.0. The van der Waals surface area contributed by atoms with Crippen molar-refractivity contribution in [2.45, 2.75) is 19.5 Å². The van der Waals surface area contributed by atoms with Crippen molar-refractivity contribution in [2.24, 2.45) is 0 Å². The number of rotatable bonds is 5. The number of amides is 1. The highest BCUT2D eigenvalue weighted by molar-refractivity contribution is 6.46. The number of benzene rings is 2. The zero-order valence-electron chi connectivity index (χ0n) is 17.6. The van der Waals surface area contributed by atoms with Crippen LogP contribution in [0.25, 0.3) is 5.76 Å². The minimum atomic E-state index is -0.854. The Kier molecular flexibility index (Phi) is 5.64. The van der Waals surface area contributed by atoms with E-state index in [1.165, 1.54) is 18.3 Å². The number of aliphatic hydroxyl groups is 1. The fourth-order valence-electron chi connectivity index (χ4n) is 3.75. The Hall–Kier alpha value is -4.13. The number of likely N-dealkylation sites (tertiary alicyclic amines) is 1. The molecule has 32 heavy (non-hydrogen) atoms. The van der Waals surface area contributed by atoms with Gasteiger partial charge in [0.1, 0.15) is 11.5 Å². The average Bonchev–Trinajstić information content (AvgIpc) is 3.41. The van der Waals surface area contributed by atoms with Crippen molar-refractivity contribution in [2.75, 3.05) is 7.11 Å². The number of methoxy groups -OCH3 is 1. The second-order valence-corrected chi connectivity index (χ2v) is 7.49. The molecule has 1 N–H and O–H groups in total. The van der Waals surface area contributed by atoms with Gasteiger partial charge < -0.3 is 19.2 Å². The minimum absolute atomic E-state index is 0.0174. The first-order valence-electron chi connectivity index (χ1n) is 9.97. The Morgan fingerprint density at radius 1 is 1.03 bits per heavy atom. The monoisotopic (exact) mass is 431 g/mol. The fraction of sp³-hybridized carbons (Fsp3) is 0.160. The highest BCUT2D eigenvalue weighted by Crippen LogP contribution is 2.40. The summed E-state index contributed by atoms with van der Waals surface area (Å²) in [5.41, 5.74) is 2.31. The lowest BCUT2D eigenvalue weighted by Gasteiger charge is -2.24. The smallest absolute Gasteiger partial charge is 0.337 e. The van der Waals surface area contributed by atoms with Crippen molar-refractivity contribution < 1.29 is 28.6 Å². The van der Waals surface area contributed by atoms with Gasteiger partial charge >= 0.3 is 5.97 Å². The van der Waals surface area contributed by atoms with Crippen molar-refractivity contribution in [1.29, 1.82) is 0 Å².